The van der Waals surface area contributed by atoms with Crippen LogP contribution in [-0.4, -0.2) is 22.2 Å². The number of halogens is 1. The normalized spacial score (nSPS) is 14.0. The van der Waals surface area contributed by atoms with Crippen molar-refractivity contribution in [2.24, 2.45) is 5.92 Å². The molecule has 92 valence electrons. The smallest absolute Gasteiger partial charge is 0.306 e. The number of hydrogen-bond acceptors (Lipinski definition) is 2. The second kappa shape index (κ2) is 5.43. The van der Waals surface area contributed by atoms with Crippen LogP contribution < -0.4 is 0 Å². The van der Waals surface area contributed by atoms with Crippen LogP contribution in [0.2, 0.25) is 0 Å². The fourth-order valence-corrected chi connectivity index (χ4v) is 1.65. The number of aliphatic carboxylic acids is 2. The molecule has 0 bridgehead atoms. The zero-order valence-corrected chi connectivity index (χ0v) is 9.26. The van der Waals surface area contributed by atoms with Gasteiger partial charge in [0.1, 0.15) is 5.82 Å². The maximum absolute atomic E-state index is 12.7. The van der Waals surface area contributed by atoms with E-state index in [-0.39, 0.29) is 6.42 Å². The summed E-state index contributed by atoms with van der Waals surface area (Å²) in [4.78, 5) is 21.6. The van der Waals surface area contributed by atoms with Crippen LogP contribution in [-0.2, 0) is 9.59 Å². The van der Waals surface area contributed by atoms with Gasteiger partial charge in [0, 0.05) is 5.92 Å². The molecule has 0 fully saturated rings. The highest BCUT2D eigenvalue weighted by atomic mass is 19.1. The van der Waals surface area contributed by atoms with Crippen molar-refractivity contribution in [3.8, 4) is 0 Å². The molecule has 0 radical (unpaired) electrons. The minimum atomic E-state index is -1.08. The molecular weight excluding hydrogens is 227 g/mol. The molecule has 2 N–H and O–H groups in total. The average Bonchev–Trinajstić information content (AvgIpc) is 2.26. The Morgan fingerprint density at radius 3 is 2.18 bits per heavy atom. The highest BCUT2D eigenvalue weighted by Gasteiger charge is 2.27. The fourth-order valence-electron chi connectivity index (χ4n) is 1.65. The van der Waals surface area contributed by atoms with E-state index >= 15 is 0 Å². The third kappa shape index (κ3) is 3.55. The van der Waals surface area contributed by atoms with Crippen molar-refractivity contribution in [2.45, 2.75) is 19.3 Å². The van der Waals surface area contributed by atoms with Crippen molar-refractivity contribution in [1.29, 1.82) is 0 Å². The van der Waals surface area contributed by atoms with E-state index < -0.39 is 29.6 Å². The van der Waals surface area contributed by atoms with Gasteiger partial charge in [0.25, 0.3) is 0 Å². The van der Waals surface area contributed by atoms with Crippen LogP contribution in [0, 0.1) is 11.7 Å². The molecule has 2 unspecified atom stereocenters. The Labute approximate surface area is 97.7 Å². The van der Waals surface area contributed by atoms with E-state index in [4.69, 9.17) is 10.2 Å². The second-order valence-corrected chi connectivity index (χ2v) is 3.88. The number of carboxylic acids is 2. The standard InChI is InChI=1S/C12H13FO4/c1-7(12(16)17)10(6-11(14)15)8-2-4-9(13)5-3-8/h2-5,7,10H,6H2,1H3,(H,14,15)(H,16,17). The third-order valence-electron chi connectivity index (χ3n) is 2.69. The van der Waals surface area contributed by atoms with E-state index in [0.29, 0.717) is 5.56 Å². The molecule has 0 aliphatic heterocycles. The van der Waals surface area contributed by atoms with E-state index in [1.54, 1.807) is 0 Å². The Bertz CT molecular complexity index is 413. The van der Waals surface area contributed by atoms with Gasteiger partial charge in [0.2, 0.25) is 0 Å². The average molecular weight is 240 g/mol. The Kier molecular flexibility index (Phi) is 4.20. The molecule has 0 heterocycles. The minimum Gasteiger partial charge on any atom is -0.481 e. The molecule has 2 atom stereocenters. The van der Waals surface area contributed by atoms with Gasteiger partial charge >= 0.3 is 11.9 Å². The van der Waals surface area contributed by atoms with Gasteiger partial charge in [-0.25, -0.2) is 4.39 Å². The molecule has 1 aromatic rings. The molecule has 0 aliphatic carbocycles. The molecule has 0 spiro atoms. The van der Waals surface area contributed by atoms with E-state index in [1.165, 1.54) is 31.2 Å². The summed E-state index contributed by atoms with van der Waals surface area (Å²) in [5.74, 6) is -4.08. The Morgan fingerprint density at radius 1 is 1.24 bits per heavy atom. The van der Waals surface area contributed by atoms with Gasteiger partial charge in [-0.05, 0) is 17.7 Å². The van der Waals surface area contributed by atoms with Crippen molar-refractivity contribution in [1.82, 2.24) is 0 Å². The number of carboxylic acid groups (broad SMARTS) is 2. The predicted molar refractivity (Wildman–Crippen MR) is 58.2 cm³/mol. The summed E-state index contributed by atoms with van der Waals surface area (Å²) < 4.78 is 12.7. The van der Waals surface area contributed by atoms with Gasteiger partial charge in [0.05, 0.1) is 12.3 Å². The van der Waals surface area contributed by atoms with Gasteiger partial charge in [-0.15, -0.1) is 0 Å². The Balaban J connectivity index is 3.01. The minimum absolute atomic E-state index is 0.293. The van der Waals surface area contributed by atoms with Crippen molar-refractivity contribution in [2.75, 3.05) is 0 Å². The Hall–Kier alpha value is -1.91. The zero-order valence-electron chi connectivity index (χ0n) is 9.26. The van der Waals surface area contributed by atoms with E-state index in [2.05, 4.69) is 0 Å². The first kappa shape index (κ1) is 13.2. The monoisotopic (exact) mass is 240 g/mol. The molecule has 0 amide bonds. The molecule has 1 rings (SSSR count). The molecule has 0 aliphatic rings. The van der Waals surface area contributed by atoms with E-state index in [9.17, 15) is 14.0 Å². The summed E-state index contributed by atoms with van der Waals surface area (Å²) in [6.45, 7) is 1.44. The molecule has 5 heteroatoms. The Morgan fingerprint density at radius 2 is 1.76 bits per heavy atom. The van der Waals surface area contributed by atoms with E-state index in [1.807, 2.05) is 0 Å². The highest BCUT2D eigenvalue weighted by molar-refractivity contribution is 5.74. The summed E-state index contributed by atoms with van der Waals surface area (Å²) in [5.41, 5.74) is 0.517. The molecular formula is C12H13FO4. The number of rotatable bonds is 5. The van der Waals surface area contributed by atoms with Gasteiger partial charge in [-0.1, -0.05) is 19.1 Å². The number of benzene rings is 1. The molecule has 0 saturated heterocycles. The van der Waals surface area contributed by atoms with Gasteiger partial charge in [-0.3, -0.25) is 9.59 Å². The zero-order chi connectivity index (χ0) is 13.0. The lowest BCUT2D eigenvalue weighted by Crippen LogP contribution is -2.21. The van der Waals surface area contributed by atoms with E-state index in [0.717, 1.165) is 0 Å². The molecule has 1 aromatic carbocycles. The van der Waals surface area contributed by atoms with Crippen molar-refractivity contribution < 1.29 is 24.2 Å². The van der Waals surface area contributed by atoms with Crippen LogP contribution in [0.3, 0.4) is 0 Å². The van der Waals surface area contributed by atoms with Crippen LogP contribution in [0.5, 0.6) is 0 Å². The lowest BCUT2D eigenvalue weighted by molar-refractivity contribution is -0.143. The fraction of sp³-hybridized carbons (Fsp3) is 0.333. The predicted octanol–water partition coefficient (Wildman–Crippen LogP) is 2.10. The summed E-state index contributed by atoms with van der Waals surface area (Å²) in [6.07, 6.45) is -0.293. The third-order valence-corrected chi connectivity index (χ3v) is 2.69. The van der Waals surface area contributed by atoms with Crippen LogP contribution in [0.4, 0.5) is 4.39 Å². The lowest BCUT2D eigenvalue weighted by Gasteiger charge is -2.19. The highest BCUT2D eigenvalue weighted by Crippen LogP contribution is 2.28. The summed E-state index contributed by atoms with van der Waals surface area (Å²) >= 11 is 0. The van der Waals surface area contributed by atoms with Crippen LogP contribution in [0.25, 0.3) is 0 Å². The maximum Gasteiger partial charge on any atom is 0.306 e. The van der Waals surface area contributed by atoms with Crippen LogP contribution in [0.1, 0.15) is 24.8 Å². The molecule has 0 aromatic heterocycles. The molecule has 4 nitrogen and oxygen atoms in total. The van der Waals surface area contributed by atoms with Gasteiger partial charge in [0.15, 0.2) is 0 Å². The van der Waals surface area contributed by atoms with Gasteiger partial charge < -0.3 is 10.2 Å². The number of carbonyl (C=O) groups is 2. The van der Waals surface area contributed by atoms with Crippen LogP contribution in [0.15, 0.2) is 24.3 Å². The SMILES string of the molecule is CC(C(=O)O)C(CC(=O)O)c1ccc(F)cc1. The van der Waals surface area contributed by atoms with Gasteiger partial charge in [-0.2, -0.15) is 0 Å². The largest absolute Gasteiger partial charge is 0.481 e. The van der Waals surface area contributed by atoms with Crippen molar-refractivity contribution >= 4 is 11.9 Å². The first-order valence-electron chi connectivity index (χ1n) is 5.12. The number of hydrogen-bond donors (Lipinski definition) is 2. The van der Waals surface area contributed by atoms with Crippen molar-refractivity contribution in [3.05, 3.63) is 35.6 Å². The summed E-state index contributed by atoms with van der Waals surface area (Å²) in [5, 5.41) is 17.7. The van der Waals surface area contributed by atoms with Crippen molar-refractivity contribution in [3.63, 3.8) is 0 Å². The summed E-state index contributed by atoms with van der Waals surface area (Å²) in [6, 6.07) is 5.22. The lowest BCUT2D eigenvalue weighted by atomic mass is 9.85. The summed E-state index contributed by atoms with van der Waals surface area (Å²) in [7, 11) is 0. The second-order valence-electron chi connectivity index (χ2n) is 3.88. The first-order chi connectivity index (χ1) is 7.91. The van der Waals surface area contributed by atoms with Crippen LogP contribution >= 0.6 is 0 Å². The maximum atomic E-state index is 12.7. The quantitative estimate of drug-likeness (QED) is 0.826. The first-order valence-corrected chi connectivity index (χ1v) is 5.12. The molecule has 0 saturated carbocycles. The molecule has 17 heavy (non-hydrogen) atoms. The topological polar surface area (TPSA) is 74.6 Å².